The largest absolute Gasteiger partial charge is 0.469 e. The van der Waals surface area contributed by atoms with Crippen LogP contribution in [0.15, 0.2) is 17.5 Å². The Morgan fingerprint density at radius 1 is 1.59 bits per heavy atom. The summed E-state index contributed by atoms with van der Waals surface area (Å²) in [6.07, 6.45) is 0.107. The molecule has 1 amide bonds. The zero-order chi connectivity index (χ0) is 12.8. The molecule has 94 valence electrons. The molecule has 2 atom stereocenters. The van der Waals surface area contributed by atoms with Gasteiger partial charge in [-0.05, 0) is 18.4 Å². The second-order valence-corrected chi connectivity index (χ2v) is 4.62. The highest BCUT2D eigenvalue weighted by Crippen LogP contribution is 2.22. The molecule has 6 heteroatoms. The molecule has 0 aliphatic heterocycles. The maximum atomic E-state index is 11.5. The first kappa shape index (κ1) is 13.7. The van der Waals surface area contributed by atoms with Crippen LogP contribution in [0, 0.1) is 0 Å². The SMILES string of the molecule is COC(=O)CC(NC(=O)C(C)N)c1cccs1. The third-order valence-corrected chi connectivity index (χ3v) is 3.20. The number of carbonyl (C=O) groups is 2. The summed E-state index contributed by atoms with van der Waals surface area (Å²) in [7, 11) is 1.32. The number of nitrogens with one attached hydrogen (secondary N) is 1. The summed E-state index contributed by atoms with van der Waals surface area (Å²) in [5.41, 5.74) is 5.48. The van der Waals surface area contributed by atoms with Crippen molar-refractivity contribution < 1.29 is 14.3 Å². The van der Waals surface area contributed by atoms with Gasteiger partial charge in [-0.1, -0.05) is 6.07 Å². The van der Waals surface area contributed by atoms with Crippen LogP contribution in [-0.4, -0.2) is 25.0 Å². The smallest absolute Gasteiger partial charge is 0.307 e. The first-order chi connectivity index (χ1) is 8.04. The maximum absolute atomic E-state index is 11.5. The number of rotatable bonds is 5. The minimum atomic E-state index is -0.602. The second kappa shape index (κ2) is 6.36. The van der Waals surface area contributed by atoms with Gasteiger partial charge < -0.3 is 15.8 Å². The minimum Gasteiger partial charge on any atom is -0.469 e. The van der Waals surface area contributed by atoms with Gasteiger partial charge in [-0.25, -0.2) is 0 Å². The Bertz CT molecular complexity index is 376. The lowest BCUT2D eigenvalue weighted by atomic mass is 10.1. The molecular weight excluding hydrogens is 240 g/mol. The number of ether oxygens (including phenoxy) is 1. The molecule has 3 N–H and O–H groups in total. The molecule has 0 bridgehead atoms. The molecule has 0 fully saturated rings. The van der Waals surface area contributed by atoms with Gasteiger partial charge in [0.05, 0.1) is 25.6 Å². The molecule has 0 saturated carbocycles. The van der Waals surface area contributed by atoms with Gasteiger partial charge in [0.15, 0.2) is 0 Å². The Labute approximate surface area is 104 Å². The molecule has 1 heterocycles. The van der Waals surface area contributed by atoms with Crippen molar-refractivity contribution >= 4 is 23.2 Å². The highest BCUT2D eigenvalue weighted by Gasteiger charge is 2.20. The van der Waals surface area contributed by atoms with Gasteiger partial charge in [-0.15, -0.1) is 11.3 Å². The summed E-state index contributed by atoms with van der Waals surface area (Å²) in [5, 5.41) is 4.62. The predicted molar refractivity (Wildman–Crippen MR) is 65.5 cm³/mol. The molecule has 0 aliphatic carbocycles. The lowest BCUT2D eigenvalue weighted by molar-refractivity contribution is -0.141. The van der Waals surface area contributed by atoms with Crippen molar-refractivity contribution in [3.63, 3.8) is 0 Å². The van der Waals surface area contributed by atoms with Crippen LogP contribution in [0.5, 0.6) is 0 Å². The van der Waals surface area contributed by atoms with E-state index in [0.29, 0.717) is 0 Å². The van der Waals surface area contributed by atoms with E-state index in [9.17, 15) is 9.59 Å². The van der Waals surface area contributed by atoms with Crippen LogP contribution >= 0.6 is 11.3 Å². The van der Waals surface area contributed by atoms with Gasteiger partial charge in [-0.3, -0.25) is 9.59 Å². The highest BCUT2D eigenvalue weighted by atomic mass is 32.1. The summed E-state index contributed by atoms with van der Waals surface area (Å²) in [5.74, 6) is -0.652. The Morgan fingerprint density at radius 3 is 2.76 bits per heavy atom. The van der Waals surface area contributed by atoms with Gasteiger partial charge in [-0.2, -0.15) is 0 Å². The van der Waals surface area contributed by atoms with Crippen molar-refractivity contribution in [1.29, 1.82) is 0 Å². The predicted octanol–water partition coefficient (Wildman–Crippen LogP) is 0.816. The van der Waals surface area contributed by atoms with Gasteiger partial charge in [0.1, 0.15) is 0 Å². The molecule has 1 aromatic heterocycles. The third-order valence-electron chi connectivity index (χ3n) is 2.22. The molecule has 0 aliphatic rings. The average molecular weight is 256 g/mol. The van der Waals surface area contributed by atoms with E-state index >= 15 is 0 Å². The van der Waals surface area contributed by atoms with Crippen LogP contribution in [0.4, 0.5) is 0 Å². The number of esters is 1. The first-order valence-corrected chi connectivity index (χ1v) is 6.08. The summed E-state index contributed by atoms with van der Waals surface area (Å²) in [6.45, 7) is 1.60. The molecule has 0 radical (unpaired) electrons. The van der Waals surface area contributed by atoms with Gasteiger partial charge in [0.2, 0.25) is 5.91 Å². The summed E-state index contributed by atoms with van der Waals surface area (Å²) < 4.78 is 4.60. The highest BCUT2D eigenvalue weighted by molar-refractivity contribution is 7.10. The molecule has 5 nitrogen and oxygen atoms in total. The summed E-state index contributed by atoms with van der Waals surface area (Å²) >= 11 is 1.47. The molecule has 0 spiro atoms. The van der Waals surface area contributed by atoms with Crippen LogP contribution in [0.3, 0.4) is 0 Å². The fraction of sp³-hybridized carbons (Fsp3) is 0.455. The van der Waals surface area contributed by atoms with E-state index in [4.69, 9.17) is 5.73 Å². The van der Waals surface area contributed by atoms with E-state index in [1.807, 2.05) is 17.5 Å². The molecule has 2 unspecified atom stereocenters. The van der Waals surface area contributed by atoms with Crippen molar-refractivity contribution in [1.82, 2.24) is 5.32 Å². The number of carbonyl (C=O) groups excluding carboxylic acids is 2. The average Bonchev–Trinajstić information content (AvgIpc) is 2.80. The Hall–Kier alpha value is -1.40. The van der Waals surface area contributed by atoms with Gasteiger partial charge in [0.25, 0.3) is 0 Å². The molecule has 1 rings (SSSR count). The zero-order valence-corrected chi connectivity index (χ0v) is 10.6. The van der Waals surface area contributed by atoms with E-state index in [0.717, 1.165) is 4.88 Å². The number of thiophene rings is 1. The summed E-state index contributed by atoms with van der Waals surface area (Å²) in [4.78, 5) is 23.7. The monoisotopic (exact) mass is 256 g/mol. The van der Waals surface area contributed by atoms with Crippen molar-refractivity contribution in [3.8, 4) is 0 Å². The lowest BCUT2D eigenvalue weighted by Gasteiger charge is -2.17. The van der Waals surface area contributed by atoms with E-state index in [2.05, 4.69) is 10.1 Å². The van der Waals surface area contributed by atoms with E-state index in [1.54, 1.807) is 6.92 Å². The van der Waals surface area contributed by atoms with E-state index in [-0.39, 0.29) is 24.3 Å². The quantitative estimate of drug-likeness (QED) is 0.764. The van der Waals surface area contributed by atoms with Gasteiger partial charge >= 0.3 is 5.97 Å². The topological polar surface area (TPSA) is 81.4 Å². The maximum Gasteiger partial charge on any atom is 0.307 e. The third kappa shape index (κ3) is 4.16. The van der Waals surface area contributed by atoms with Crippen LogP contribution in [-0.2, 0) is 14.3 Å². The molecular formula is C11H16N2O3S. The van der Waals surface area contributed by atoms with E-state index < -0.39 is 6.04 Å². The van der Waals surface area contributed by atoms with Crippen molar-refractivity contribution in [3.05, 3.63) is 22.4 Å². The number of methoxy groups -OCH3 is 1. The number of hydrogen-bond donors (Lipinski definition) is 2. The Kier molecular flexibility index (Phi) is 5.11. The molecule has 0 aromatic carbocycles. The molecule has 17 heavy (non-hydrogen) atoms. The standard InChI is InChI=1S/C11H16N2O3S/c1-7(12)11(15)13-8(6-10(14)16-2)9-4-3-5-17-9/h3-5,7-8H,6,12H2,1-2H3,(H,13,15). The number of amides is 1. The minimum absolute atomic E-state index is 0.107. The van der Waals surface area contributed by atoms with Gasteiger partial charge in [0, 0.05) is 4.88 Å². The Morgan fingerprint density at radius 2 is 2.29 bits per heavy atom. The number of hydrogen-bond acceptors (Lipinski definition) is 5. The summed E-state index contributed by atoms with van der Waals surface area (Å²) in [6, 6.07) is 2.75. The first-order valence-electron chi connectivity index (χ1n) is 5.20. The number of nitrogens with two attached hydrogens (primary N) is 1. The zero-order valence-electron chi connectivity index (χ0n) is 9.80. The Balaban J connectivity index is 2.73. The van der Waals surface area contributed by atoms with Crippen LogP contribution < -0.4 is 11.1 Å². The molecule has 0 saturated heterocycles. The normalized spacial score (nSPS) is 13.8. The van der Waals surface area contributed by atoms with Crippen molar-refractivity contribution in [2.75, 3.05) is 7.11 Å². The van der Waals surface area contributed by atoms with Crippen LogP contribution in [0.25, 0.3) is 0 Å². The fourth-order valence-electron chi connectivity index (χ4n) is 1.27. The van der Waals surface area contributed by atoms with E-state index in [1.165, 1.54) is 18.4 Å². The lowest BCUT2D eigenvalue weighted by Crippen LogP contribution is -2.40. The second-order valence-electron chi connectivity index (χ2n) is 3.65. The fourth-order valence-corrected chi connectivity index (χ4v) is 2.04. The van der Waals surface area contributed by atoms with Crippen molar-refractivity contribution in [2.45, 2.75) is 25.4 Å². The van der Waals surface area contributed by atoms with Crippen LogP contribution in [0.1, 0.15) is 24.3 Å². The van der Waals surface area contributed by atoms with Crippen LogP contribution in [0.2, 0.25) is 0 Å². The van der Waals surface area contributed by atoms with Crippen molar-refractivity contribution in [2.24, 2.45) is 5.73 Å². The molecule has 1 aromatic rings.